The first-order chi connectivity index (χ1) is 9.52. The van der Waals surface area contributed by atoms with Crippen molar-refractivity contribution in [2.75, 3.05) is 18.2 Å². The van der Waals surface area contributed by atoms with Crippen molar-refractivity contribution in [2.24, 2.45) is 0 Å². The number of nitro groups is 1. The molecule has 2 aromatic carbocycles. The van der Waals surface area contributed by atoms with E-state index in [1.807, 2.05) is 13.0 Å². The molecule has 0 atom stereocenters. The van der Waals surface area contributed by atoms with Crippen molar-refractivity contribution in [1.29, 1.82) is 0 Å². The number of hydrogen-bond donors (Lipinski definition) is 2. The van der Waals surface area contributed by atoms with Crippen molar-refractivity contribution in [3.8, 4) is 5.75 Å². The quantitative estimate of drug-likeness (QED) is 0.507. The van der Waals surface area contributed by atoms with Crippen molar-refractivity contribution in [1.82, 2.24) is 0 Å². The Balaban J connectivity index is 2.38. The lowest BCUT2D eigenvalue weighted by atomic mass is 10.2. The zero-order chi connectivity index (χ0) is 14.7. The maximum atomic E-state index is 11.1. The summed E-state index contributed by atoms with van der Waals surface area (Å²) in [5.41, 5.74) is 7.68. The van der Waals surface area contributed by atoms with Crippen molar-refractivity contribution >= 4 is 22.7 Å². The van der Waals surface area contributed by atoms with Crippen LogP contribution in [0.2, 0.25) is 0 Å². The topological polar surface area (TPSA) is 90.4 Å². The number of nitrogen functional groups attached to an aromatic ring is 1. The van der Waals surface area contributed by atoms with Gasteiger partial charge < -0.3 is 15.8 Å². The fourth-order valence-electron chi connectivity index (χ4n) is 1.98. The molecule has 0 aliphatic carbocycles. The summed E-state index contributed by atoms with van der Waals surface area (Å²) < 4.78 is 5.18. The van der Waals surface area contributed by atoms with Gasteiger partial charge in [0.2, 0.25) is 0 Å². The maximum absolute atomic E-state index is 11.1. The van der Waals surface area contributed by atoms with Gasteiger partial charge in [-0.2, -0.15) is 0 Å². The predicted octanol–water partition coefficient (Wildman–Crippen LogP) is 3.24. The highest BCUT2D eigenvalue weighted by molar-refractivity contribution is 5.78. The Morgan fingerprint density at radius 3 is 2.65 bits per heavy atom. The smallest absolute Gasteiger partial charge is 0.315 e. The van der Waals surface area contributed by atoms with E-state index in [-0.39, 0.29) is 11.4 Å². The van der Waals surface area contributed by atoms with Gasteiger partial charge in [-0.15, -0.1) is 0 Å². The molecule has 0 aromatic heterocycles. The zero-order valence-corrected chi connectivity index (χ0v) is 11.2. The summed E-state index contributed by atoms with van der Waals surface area (Å²) in [7, 11) is 1.60. The second kappa shape index (κ2) is 5.48. The number of rotatable bonds is 4. The first-order valence-electron chi connectivity index (χ1n) is 5.97. The number of nitro benzene ring substituents is 1. The standard InChI is InChI=1S/C14H15N3O3/c1-9-8-10(6-7-13(9)20-2)16-12-5-3-4-11(15)14(12)17(18)19/h3-8,16H,15H2,1-2H3. The molecule has 6 nitrogen and oxygen atoms in total. The van der Waals surface area contributed by atoms with E-state index in [9.17, 15) is 10.1 Å². The van der Waals surface area contributed by atoms with Crippen molar-refractivity contribution in [2.45, 2.75) is 6.92 Å². The van der Waals surface area contributed by atoms with Gasteiger partial charge in [-0.3, -0.25) is 10.1 Å². The van der Waals surface area contributed by atoms with Crippen LogP contribution in [0.25, 0.3) is 0 Å². The predicted molar refractivity (Wildman–Crippen MR) is 78.5 cm³/mol. The molecule has 0 radical (unpaired) electrons. The Morgan fingerprint density at radius 1 is 1.30 bits per heavy atom. The van der Waals surface area contributed by atoms with Gasteiger partial charge in [0.25, 0.3) is 0 Å². The van der Waals surface area contributed by atoms with Crippen LogP contribution in [-0.4, -0.2) is 12.0 Å². The molecule has 6 heteroatoms. The van der Waals surface area contributed by atoms with Gasteiger partial charge in [-0.1, -0.05) is 6.07 Å². The molecular weight excluding hydrogens is 258 g/mol. The number of benzene rings is 2. The fourth-order valence-corrected chi connectivity index (χ4v) is 1.98. The van der Waals surface area contributed by atoms with Gasteiger partial charge in [-0.25, -0.2) is 0 Å². The number of aryl methyl sites for hydroxylation is 1. The van der Waals surface area contributed by atoms with Crippen molar-refractivity contribution in [3.05, 3.63) is 52.1 Å². The van der Waals surface area contributed by atoms with E-state index < -0.39 is 4.92 Å². The van der Waals surface area contributed by atoms with Crippen LogP contribution in [-0.2, 0) is 0 Å². The Bertz CT molecular complexity index is 656. The molecule has 104 valence electrons. The number of anilines is 3. The molecule has 0 aliphatic rings. The molecule has 0 saturated carbocycles. The summed E-state index contributed by atoms with van der Waals surface area (Å²) in [5, 5.41) is 14.1. The lowest BCUT2D eigenvalue weighted by Crippen LogP contribution is -2.01. The summed E-state index contributed by atoms with van der Waals surface area (Å²) in [6.45, 7) is 1.90. The summed E-state index contributed by atoms with van der Waals surface area (Å²) in [4.78, 5) is 10.6. The minimum absolute atomic E-state index is 0.124. The highest BCUT2D eigenvalue weighted by atomic mass is 16.6. The number of methoxy groups -OCH3 is 1. The highest BCUT2D eigenvalue weighted by Crippen LogP contribution is 2.33. The molecule has 0 unspecified atom stereocenters. The van der Waals surface area contributed by atoms with E-state index in [2.05, 4.69) is 5.32 Å². The number of nitrogens with zero attached hydrogens (tertiary/aromatic N) is 1. The average Bonchev–Trinajstić information content (AvgIpc) is 2.38. The third kappa shape index (κ3) is 2.64. The molecule has 0 heterocycles. The van der Waals surface area contributed by atoms with Crippen LogP contribution in [0, 0.1) is 17.0 Å². The average molecular weight is 273 g/mol. The van der Waals surface area contributed by atoms with Gasteiger partial charge in [-0.05, 0) is 42.8 Å². The normalized spacial score (nSPS) is 10.1. The third-order valence-corrected chi connectivity index (χ3v) is 2.92. The molecule has 0 fully saturated rings. The molecule has 0 aliphatic heterocycles. The number of hydrogen-bond acceptors (Lipinski definition) is 5. The van der Waals surface area contributed by atoms with E-state index in [0.717, 1.165) is 17.0 Å². The Labute approximate surface area is 116 Å². The van der Waals surface area contributed by atoms with E-state index in [0.29, 0.717) is 5.69 Å². The van der Waals surface area contributed by atoms with Gasteiger partial charge in [0, 0.05) is 5.69 Å². The second-order valence-electron chi connectivity index (χ2n) is 4.31. The molecule has 0 spiro atoms. The highest BCUT2D eigenvalue weighted by Gasteiger charge is 2.17. The van der Waals surface area contributed by atoms with Crippen LogP contribution in [0.3, 0.4) is 0 Å². The SMILES string of the molecule is COc1ccc(Nc2cccc(N)c2[N+](=O)[O-])cc1C. The summed E-state index contributed by atoms with van der Waals surface area (Å²) in [5.74, 6) is 0.762. The lowest BCUT2D eigenvalue weighted by molar-refractivity contribution is -0.383. The first kappa shape index (κ1) is 13.7. The molecule has 0 saturated heterocycles. The second-order valence-corrected chi connectivity index (χ2v) is 4.31. The molecule has 2 aromatic rings. The summed E-state index contributed by atoms with van der Waals surface area (Å²) in [6.07, 6.45) is 0. The van der Waals surface area contributed by atoms with Gasteiger partial charge in [0.1, 0.15) is 17.1 Å². The molecule has 2 rings (SSSR count). The van der Waals surface area contributed by atoms with E-state index in [4.69, 9.17) is 10.5 Å². The van der Waals surface area contributed by atoms with Crippen molar-refractivity contribution < 1.29 is 9.66 Å². The van der Waals surface area contributed by atoms with Crippen molar-refractivity contribution in [3.63, 3.8) is 0 Å². The largest absolute Gasteiger partial charge is 0.496 e. The van der Waals surface area contributed by atoms with E-state index in [1.54, 1.807) is 31.4 Å². The van der Waals surface area contributed by atoms with E-state index in [1.165, 1.54) is 6.07 Å². The summed E-state index contributed by atoms with van der Waals surface area (Å²) in [6, 6.07) is 10.2. The van der Waals surface area contributed by atoms with E-state index >= 15 is 0 Å². The Kier molecular flexibility index (Phi) is 3.74. The third-order valence-electron chi connectivity index (χ3n) is 2.92. The molecule has 0 amide bonds. The van der Waals surface area contributed by atoms with Crippen LogP contribution < -0.4 is 15.8 Å². The van der Waals surface area contributed by atoms with Gasteiger partial charge in [0.15, 0.2) is 0 Å². The van der Waals surface area contributed by atoms with Crippen LogP contribution in [0.1, 0.15) is 5.56 Å². The lowest BCUT2D eigenvalue weighted by Gasteiger charge is -2.11. The van der Waals surface area contributed by atoms with Crippen LogP contribution in [0.4, 0.5) is 22.7 Å². The Morgan fingerprint density at radius 2 is 2.05 bits per heavy atom. The number of para-hydroxylation sites is 1. The zero-order valence-electron chi connectivity index (χ0n) is 11.2. The first-order valence-corrected chi connectivity index (χ1v) is 5.97. The van der Waals surface area contributed by atoms with Crippen LogP contribution in [0.15, 0.2) is 36.4 Å². The molecular formula is C14H15N3O3. The number of nitrogens with one attached hydrogen (secondary N) is 1. The van der Waals surface area contributed by atoms with Crippen LogP contribution in [0.5, 0.6) is 5.75 Å². The minimum atomic E-state index is -0.492. The maximum Gasteiger partial charge on any atom is 0.315 e. The molecule has 0 bridgehead atoms. The van der Waals surface area contributed by atoms with Gasteiger partial charge >= 0.3 is 5.69 Å². The summed E-state index contributed by atoms with van der Waals surface area (Å²) >= 11 is 0. The molecule has 3 N–H and O–H groups in total. The number of nitrogens with two attached hydrogens (primary N) is 1. The monoisotopic (exact) mass is 273 g/mol. The van der Waals surface area contributed by atoms with Gasteiger partial charge in [0.05, 0.1) is 12.0 Å². The molecule has 20 heavy (non-hydrogen) atoms. The number of ether oxygens (including phenoxy) is 1. The fraction of sp³-hybridized carbons (Fsp3) is 0.143. The Hall–Kier alpha value is -2.76. The van der Waals surface area contributed by atoms with Crippen LogP contribution >= 0.6 is 0 Å². The minimum Gasteiger partial charge on any atom is -0.496 e.